The van der Waals surface area contributed by atoms with E-state index in [0.717, 1.165) is 11.1 Å². The quantitative estimate of drug-likeness (QED) is 0.434. The van der Waals surface area contributed by atoms with E-state index >= 15 is 0 Å². The SMILES string of the molecule is Cc1cc([N+](=O)[O-])ccc1CS. The third kappa shape index (κ3) is 1.76. The van der Waals surface area contributed by atoms with E-state index in [9.17, 15) is 10.1 Å². The first-order valence-corrected chi connectivity index (χ1v) is 4.13. The fourth-order valence-electron chi connectivity index (χ4n) is 0.971. The molecule has 0 N–H and O–H groups in total. The Kier molecular flexibility index (Phi) is 2.70. The van der Waals surface area contributed by atoms with Crippen LogP contribution in [0.5, 0.6) is 0 Å². The van der Waals surface area contributed by atoms with Crippen LogP contribution in [0, 0.1) is 17.0 Å². The molecule has 0 unspecified atom stereocenters. The summed E-state index contributed by atoms with van der Waals surface area (Å²) < 4.78 is 0. The Balaban J connectivity index is 3.10. The van der Waals surface area contributed by atoms with Gasteiger partial charge in [-0.15, -0.1) is 0 Å². The highest BCUT2D eigenvalue weighted by Crippen LogP contribution is 2.17. The van der Waals surface area contributed by atoms with Crippen LogP contribution in [-0.2, 0) is 5.75 Å². The lowest BCUT2D eigenvalue weighted by molar-refractivity contribution is -0.384. The monoisotopic (exact) mass is 183 g/mol. The molecule has 12 heavy (non-hydrogen) atoms. The van der Waals surface area contributed by atoms with Crippen molar-refractivity contribution in [3.63, 3.8) is 0 Å². The third-order valence-electron chi connectivity index (χ3n) is 1.71. The van der Waals surface area contributed by atoms with Crippen molar-refractivity contribution in [3.8, 4) is 0 Å². The first-order valence-electron chi connectivity index (χ1n) is 3.50. The lowest BCUT2D eigenvalue weighted by Crippen LogP contribution is -1.91. The molecule has 0 amide bonds. The average molecular weight is 183 g/mol. The minimum atomic E-state index is -0.394. The van der Waals surface area contributed by atoms with E-state index in [-0.39, 0.29) is 5.69 Å². The molecule has 0 heterocycles. The highest BCUT2D eigenvalue weighted by Gasteiger charge is 2.06. The van der Waals surface area contributed by atoms with Gasteiger partial charge in [0.15, 0.2) is 0 Å². The molecular weight excluding hydrogens is 174 g/mol. The zero-order chi connectivity index (χ0) is 9.14. The minimum absolute atomic E-state index is 0.137. The van der Waals surface area contributed by atoms with Crippen molar-refractivity contribution < 1.29 is 4.92 Å². The number of thiol groups is 1. The molecule has 0 aliphatic heterocycles. The number of nitro benzene ring substituents is 1. The van der Waals surface area contributed by atoms with Gasteiger partial charge in [-0.2, -0.15) is 12.6 Å². The van der Waals surface area contributed by atoms with Gasteiger partial charge in [-0.1, -0.05) is 6.07 Å². The van der Waals surface area contributed by atoms with E-state index < -0.39 is 4.92 Å². The Labute approximate surface area is 76.0 Å². The second-order valence-corrected chi connectivity index (χ2v) is 2.84. The smallest absolute Gasteiger partial charge is 0.258 e. The Bertz CT molecular complexity index is 312. The summed E-state index contributed by atoms with van der Waals surface area (Å²) in [5.74, 6) is 0.615. The van der Waals surface area contributed by atoms with Gasteiger partial charge >= 0.3 is 0 Å². The number of rotatable bonds is 2. The molecule has 1 aromatic carbocycles. The molecule has 0 aliphatic carbocycles. The number of hydrogen-bond acceptors (Lipinski definition) is 3. The second kappa shape index (κ2) is 3.58. The molecule has 0 fully saturated rings. The summed E-state index contributed by atoms with van der Waals surface area (Å²) in [5, 5.41) is 10.3. The van der Waals surface area contributed by atoms with Gasteiger partial charge in [0.05, 0.1) is 4.92 Å². The summed E-state index contributed by atoms with van der Waals surface area (Å²) in [7, 11) is 0. The zero-order valence-corrected chi connectivity index (χ0v) is 7.54. The normalized spacial score (nSPS) is 9.83. The fourth-order valence-corrected chi connectivity index (χ4v) is 1.33. The van der Waals surface area contributed by atoms with Crippen LogP contribution in [0.25, 0.3) is 0 Å². The molecular formula is C8H9NO2S. The first-order chi connectivity index (χ1) is 5.65. The van der Waals surface area contributed by atoms with Gasteiger partial charge in [-0.25, -0.2) is 0 Å². The van der Waals surface area contributed by atoms with Crippen LogP contribution in [0.3, 0.4) is 0 Å². The minimum Gasteiger partial charge on any atom is -0.258 e. The van der Waals surface area contributed by atoms with Gasteiger partial charge in [0.2, 0.25) is 0 Å². The van der Waals surface area contributed by atoms with Crippen LogP contribution in [0.2, 0.25) is 0 Å². The van der Waals surface area contributed by atoms with E-state index in [2.05, 4.69) is 12.6 Å². The van der Waals surface area contributed by atoms with Gasteiger partial charge in [0, 0.05) is 17.9 Å². The maximum absolute atomic E-state index is 10.3. The third-order valence-corrected chi connectivity index (χ3v) is 2.05. The second-order valence-electron chi connectivity index (χ2n) is 2.53. The van der Waals surface area contributed by atoms with Gasteiger partial charge in [-0.3, -0.25) is 10.1 Å². The van der Waals surface area contributed by atoms with Crippen molar-refractivity contribution in [2.24, 2.45) is 0 Å². The standard InChI is InChI=1S/C8H9NO2S/c1-6-4-8(9(10)11)3-2-7(6)5-12/h2-4,12H,5H2,1H3. The van der Waals surface area contributed by atoms with E-state index in [1.54, 1.807) is 12.1 Å². The van der Waals surface area contributed by atoms with Crippen molar-refractivity contribution in [2.45, 2.75) is 12.7 Å². The molecule has 0 saturated carbocycles. The predicted octanol–water partition coefficient (Wildman–Crippen LogP) is 2.33. The predicted molar refractivity (Wildman–Crippen MR) is 50.5 cm³/mol. The van der Waals surface area contributed by atoms with Gasteiger partial charge in [0.25, 0.3) is 5.69 Å². The molecule has 0 radical (unpaired) electrons. The van der Waals surface area contributed by atoms with Gasteiger partial charge in [-0.05, 0) is 18.1 Å². The molecule has 1 rings (SSSR count). The van der Waals surface area contributed by atoms with Crippen molar-refractivity contribution in [1.82, 2.24) is 0 Å². The molecule has 0 aromatic heterocycles. The molecule has 0 aliphatic rings. The fraction of sp³-hybridized carbons (Fsp3) is 0.250. The molecule has 3 nitrogen and oxygen atoms in total. The maximum Gasteiger partial charge on any atom is 0.269 e. The Morgan fingerprint density at radius 2 is 2.25 bits per heavy atom. The number of nitro groups is 1. The summed E-state index contributed by atoms with van der Waals surface area (Å²) >= 11 is 4.10. The van der Waals surface area contributed by atoms with E-state index in [1.807, 2.05) is 6.92 Å². The number of hydrogen-bond donors (Lipinski definition) is 1. The van der Waals surface area contributed by atoms with E-state index in [1.165, 1.54) is 6.07 Å². The van der Waals surface area contributed by atoms with Crippen molar-refractivity contribution in [2.75, 3.05) is 0 Å². The maximum atomic E-state index is 10.3. The molecule has 0 saturated heterocycles. The van der Waals surface area contributed by atoms with Crippen LogP contribution in [-0.4, -0.2) is 4.92 Å². The number of non-ortho nitro benzene ring substituents is 1. The molecule has 4 heteroatoms. The van der Waals surface area contributed by atoms with Gasteiger partial charge in [0.1, 0.15) is 0 Å². The number of aryl methyl sites for hydroxylation is 1. The number of benzene rings is 1. The van der Waals surface area contributed by atoms with Crippen LogP contribution < -0.4 is 0 Å². The summed E-state index contributed by atoms with van der Waals surface area (Å²) in [6.07, 6.45) is 0. The average Bonchev–Trinajstić information content (AvgIpc) is 2.04. The summed E-state index contributed by atoms with van der Waals surface area (Å²) in [5.41, 5.74) is 2.08. The zero-order valence-electron chi connectivity index (χ0n) is 6.65. The Hall–Kier alpha value is -1.03. The van der Waals surface area contributed by atoms with Crippen molar-refractivity contribution in [1.29, 1.82) is 0 Å². The molecule has 0 bridgehead atoms. The van der Waals surface area contributed by atoms with Crippen LogP contribution in [0.4, 0.5) is 5.69 Å². The van der Waals surface area contributed by atoms with Crippen molar-refractivity contribution in [3.05, 3.63) is 39.4 Å². The molecule has 64 valence electrons. The Morgan fingerprint density at radius 1 is 1.58 bits per heavy atom. The first kappa shape index (κ1) is 9.06. The summed E-state index contributed by atoms with van der Waals surface area (Å²) in [6.45, 7) is 1.85. The van der Waals surface area contributed by atoms with Crippen molar-refractivity contribution >= 4 is 18.3 Å². The lowest BCUT2D eigenvalue weighted by Gasteiger charge is -2.00. The van der Waals surface area contributed by atoms with Gasteiger partial charge < -0.3 is 0 Å². The summed E-state index contributed by atoms with van der Waals surface area (Å²) in [4.78, 5) is 9.95. The lowest BCUT2D eigenvalue weighted by atomic mass is 10.1. The van der Waals surface area contributed by atoms with E-state index in [4.69, 9.17) is 0 Å². The molecule has 1 aromatic rings. The highest BCUT2D eigenvalue weighted by atomic mass is 32.1. The van der Waals surface area contributed by atoms with Crippen LogP contribution in [0.1, 0.15) is 11.1 Å². The Morgan fingerprint density at radius 3 is 2.67 bits per heavy atom. The van der Waals surface area contributed by atoms with Crippen LogP contribution in [0.15, 0.2) is 18.2 Å². The molecule has 0 spiro atoms. The number of nitrogens with zero attached hydrogens (tertiary/aromatic N) is 1. The van der Waals surface area contributed by atoms with Crippen LogP contribution >= 0.6 is 12.6 Å². The topological polar surface area (TPSA) is 43.1 Å². The molecule has 0 atom stereocenters. The largest absolute Gasteiger partial charge is 0.269 e. The summed E-state index contributed by atoms with van der Waals surface area (Å²) in [6, 6.07) is 4.80. The highest BCUT2D eigenvalue weighted by molar-refractivity contribution is 7.79. The van der Waals surface area contributed by atoms with E-state index in [0.29, 0.717) is 5.75 Å².